The molecule has 9 nitrogen and oxygen atoms in total. The van der Waals surface area contributed by atoms with Crippen LogP contribution in [0.3, 0.4) is 0 Å². The average molecular weight is 474 g/mol. The number of aromatic nitrogens is 3. The molecule has 0 spiro atoms. The fourth-order valence-electron chi connectivity index (χ4n) is 4.80. The fourth-order valence-corrected chi connectivity index (χ4v) is 4.80. The van der Waals surface area contributed by atoms with E-state index in [4.69, 9.17) is 14.1 Å². The van der Waals surface area contributed by atoms with E-state index in [0.29, 0.717) is 30.8 Å². The maximum atomic E-state index is 12.8. The molecule has 0 atom stereocenters. The van der Waals surface area contributed by atoms with Gasteiger partial charge in [-0.1, -0.05) is 0 Å². The monoisotopic (exact) mass is 473 g/mol. The standard InChI is InChI=1S/C26H27N5O4/c1-15-20(16(2)27-24-23(15)25(34-4)29-30(24)3)6-8-22(32)28-19-5-7-21-17(13-19)9-11-31(21)26(33)18-10-12-35-14-18/h5,7,10,12-14H,6,8-9,11H2,1-4H3,(H,28,32). The van der Waals surface area contributed by atoms with Crippen LogP contribution in [0, 0.1) is 13.8 Å². The summed E-state index contributed by atoms with van der Waals surface area (Å²) >= 11 is 0. The summed E-state index contributed by atoms with van der Waals surface area (Å²) in [4.78, 5) is 31.9. The van der Waals surface area contributed by atoms with Crippen molar-refractivity contribution in [2.45, 2.75) is 33.1 Å². The second kappa shape index (κ2) is 8.90. The summed E-state index contributed by atoms with van der Waals surface area (Å²) in [5.74, 6) is 0.374. The minimum atomic E-state index is -0.0872. The van der Waals surface area contributed by atoms with Crippen molar-refractivity contribution in [3.63, 3.8) is 0 Å². The van der Waals surface area contributed by atoms with Crippen molar-refractivity contribution in [1.29, 1.82) is 0 Å². The van der Waals surface area contributed by atoms with Gasteiger partial charge in [-0.05, 0) is 67.6 Å². The number of methoxy groups -OCH3 is 1. The predicted molar refractivity (Wildman–Crippen MR) is 132 cm³/mol. The number of ether oxygens (including phenoxy) is 1. The Hall–Kier alpha value is -4.14. The molecule has 0 saturated carbocycles. The van der Waals surface area contributed by atoms with E-state index in [1.807, 2.05) is 39.1 Å². The lowest BCUT2D eigenvalue weighted by atomic mass is 10.00. The zero-order chi connectivity index (χ0) is 24.7. The molecular weight excluding hydrogens is 446 g/mol. The lowest BCUT2D eigenvalue weighted by Crippen LogP contribution is -2.28. The summed E-state index contributed by atoms with van der Waals surface area (Å²) in [5.41, 5.74) is 6.86. The number of fused-ring (bicyclic) bond motifs is 2. The predicted octanol–water partition coefficient (Wildman–Crippen LogP) is 3.96. The van der Waals surface area contributed by atoms with Crippen LogP contribution in [0.1, 0.15) is 39.2 Å². The van der Waals surface area contributed by atoms with Gasteiger partial charge in [-0.3, -0.25) is 9.59 Å². The first-order chi connectivity index (χ1) is 16.9. The second-order valence-corrected chi connectivity index (χ2v) is 8.74. The van der Waals surface area contributed by atoms with Gasteiger partial charge in [-0.2, -0.15) is 0 Å². The molecule has 4 aromatic rings. The number of amides is 2. The number of anilines is 2. The fraction of sp³-hybridized carbons (Fsp3) is 0.308. The van der Waals surface area contributed by atoms with Gasteiger partial charge >= 0.3 is 0 Å². The van der Waals surface area contributed by atoms with Crippen molar-refractivity contribution in [1.82, 2.24) is 14.8 Å². The van der Waals surface area contributed by atoms with Crippen molar-refractivity contribution in [3.8, 4) is 5.88 Å². The molecule has 180 valence electrons. The molecule has 1 aliphatic heterocycles. The van der Waals surface area contributed by atoms with Crippen molar-refractivity contribution < 1.29 is 18.7 Å². The maximum absolute atomic E-state index is 12.8. The largest absolute Gasteiger partial charge is 0.479 e. The number of carbonyl (C=O) groups excluding carboxylic acids is 2. The Kier molecular flexibility index (Phi) is 5.76. The number of nitrogens with one attached hydrogen (secondary N) is 1. The van der Waals surface area contributed by atoms with E-state index >= 15 is 0 Å². The SMILES string of the molecule is COc1nn(C)c2nc(C)c(CCC(=O)Nc3ccc4c(c3)CCN4C(=O)c3ccoc3)c(C)c12. The molecule has 0 aliphatic carbocycles. The van der Waals surface area contributed by atoms with Crippen LogP contribution in [-0.4, -0.2) is 40.2 Å². The van der Waals surface area contributed by atoms with Gasteiger partial charge in [0.2, 0.25) is 11.8 Å². The maximum Gasteiger partial charge on any atom is 0.261 e. The highest BCUT2D eigenvalue weighted by atomic mass is 16.5. The number of nitrogens with zero attached hydrogens (tertiary/aromatic N) is 4. The first kappa shape index (κ1) is 22.6. The van der Waals surface area contributed by atoms with E-state index < -0.39 is 0 Å². The first-order valence-corrected chi connectivity index (χ1v) is 11.5. The molecule has 1 aliphatic rings. The molecule has 0 radical (unpaired) electrons. The molecule has 0 bridgehead atoms. The van der Waals surface area contributed by atoms with E-state index in [-0.39, 0.29) is 11.8 Å². The van der Waals surface area contributed by atoms with Gasteiger partial charge in [0.05, 0.1) is 24.3 Å². The number of benzene rings is 1. The van der Waals surface area contributed by atoms with Crippen molar-refractivity contribution in [3.05, 3.63) is 64.7 Å². The van der Waals surface area contributed by atoms with Crippen molar-refractivity contribution in [2.75, 3.05) is 23.9 Å². The van der Waals surface area contributed by atoms with Gasteiger partial charge in [-0.25, -0.2) is 9.67 Å². The summed E-state index contributed by atoms with van der Waals surface area (Å²) in [6, 6.07) is 7.33. The lowest BCUT2D eigenvalue weighted by Gasteiger charge is -2.16. The molecule has 2 amide bonds. The lowest BCUT2D eigenvalue weighted by molar-refractivity contribution is -0.116. The number of pyridine rings is 1. The average Bonchev–Trinajstić information content (AvgIpc) is 3.57. The van der Waals surface area contributed by atoms with Crippen molar-refractivity contribution >= 4 is 34.2 Å². The Morgan fingerprint density at radius 2 is 2.06 bits per heavy atom. The van der Waals surface area contributed by atoms with Gasteiger partial charge in [-0.15, -0.1) is 5.10 Å². The van der Waals surface area contributed by atoms with Crippen LogP contribution in [0.15, 0.2) is 41.2 Å². The van der Waals surface area contributed by atoms with Gasteiger partial charge in [0.15, 0.2) is 5.65 Å². The third-order valence-electron chi connectivity index (χ3n) is 6.59. The molecule has 35 heavy (non-hydrogen) atoms. The second-order valence-electron chi connectivity index (χ2n) is 8.74. The smallest absolute Gasteiger partial charge is 0.261 e. The van der Waals surface area contributed by atoms with Crippen LogP contribution in [0.2, 0.25) is 0 Å². The van der Waals surface area contributed by atoms with Crippen molar-refractivity contribution in [2.24, 2.45) is 7.05 Å². The Morgan fingerprint density at radius 1 is 1.23 bits per heavy atom. The molecule has 0 unspecified atom stereocenters. The van der Waals surface area contributed by atoms with Gasteiger partial charge in [0, 0.05) is 37.1 Å². The third-order valence-corrected chi connectivity index (χ3v) is 6.59. The highest BCUT2D eigenvalue weighted by Crippen LogP contribution is 2.33. The van der Waals surface area contributed by atoms with E-state index in [2.05, 4.69) is 10.4 Å². The van der Waals surface area contributed by atoms with Crippen LogP contribution in [0.25, 0.3) is 11.0 Å². The van der Waals surface area contributed by atoms with E-state index in [9.17, 15) is 9.59 Å². The first-order valence-electron chi connectivity index (χ1n) is 11.5. The molecule has 1 aromatic carbocycles. The van der Waals surface area contributed by atoms with Crippen LogP contribution < -0.4 is 15.0 Å². The number of hydrogen-bond donors (Lipinski definition) is 1. The minimum absolute atomic E-state index is 0.0775. The molecule has 1 N–H and O–H groups in total. The molecule has 3 aromatic heterocycles. The molecule has 0 fully saturated rings. The number of rotatable bonds is 6. The highest BCUT2D eigenvalue weighted by molar-refractivity contribution is 6.07. The van der Waals surface area contributed by atoms with E-state index in [0.717, 1.165) is 51.2 Å². The quantitative estimate of drug-likeness (QED) is 0.455. The van der Waals surface area contributed by atoms with Crippen LogP contribution >= 0.6 is 0 Å². The molecule has 9 heteroatoms. The highest BCUT2D eigenvalue weighted by Gasteiger charge is 2.26. The van der Waals surface area contributed by atoms with Crippen LogP contribution in [0.5, 0.6) is 5.88 Å². The summed E-state index contributed by atoms with van der Waals surface area (Å²) < 4.78 is 12.2. The third kappa shape index (κ3) is 4.03. The number of carbonyl (C=O) groups is 2. The Labute approximate surface area is 202 Å². The Bertz CT molecular complexity index is 1440. The molecule has 0 saturated heterocycles. The summed E-state index contributed by atoms with van der Waals surface area (Å²) in [7, 11) is 3.44. The molecular formula is C26H27N5O4. The van der Waals surface area contributed by atoms with E-state index in [1.54, 1.807) is 22.8 Å². The number of furan rings is 1. The Morgan fingerprint density at radius 3 is 2.80 bits per heavy atom. The molecule has 4 heterocycles. The van der Waals surface area contributed by atoms with Gasteiger partial charge in [0.1, 0.15) is 6.26 Å². The topological polar surface area (TPSA) is 102 Å². The summed E-state index contributed by atoms with van der Waals surface area (Å²) in [6.07, 6.45) is 4.56. The van der Waals surface area contributed by atoms with E-state index in [1.165, 1.54) is 12.5 Å². The minimum Gasteiger partial charge on any atom is -0.479 e. The summed E-state index contributed by atoms with van der Waals surface area (Å²) in [5, 5.41) is 8.26. The zero-order valence-electron chi connectivity index (χ0n) is 20.2. The normalized spacial score (nSPS) is 12.7. The Balaban J connectivity index is 1.28. The van der Waals surface area contributed by atoms with Gasteiger partial charge in [0.25, 0.3) is 5.91 Å². The van der Waals surface area contributed by atoms with Crippen LogP contribution in [-0.2, 0) is 24.7 Å². The summed E-state index contributed by atoms with van der Waals surface area (Å²) in [6.45, 7) is 4.57. The zero-order valence-corrected chi connectivity index (χ0v) is 20.2. The van der Waals surface area contributed by atoms with Crippen LogP contribution in [0.4, 0.5) is 11.4 Å². The number of aryl methyl sites for hydroxylation is 3. The number of hydrogen-bond acceptors (Lipinski definition) is 6. The van der Waals surface area contributed by atoms with Gasteiger partial charge < -0.3 is 19.4 Å². The molecule has 5 rings (SSSR count).